The number of benzene rings is 1. The van der Waals surface area contributed by atoms with E-state index in [0.717, 1.165) is 22.5 Å². The van der Waals surface area contributed by atoms with Crippen LogP contribution in [-0.4, -0.2) is 14.5 Å². The summed E-state index contributed by atoms with van der Waals surface area (Å²) in [6, 6.07) is 10.7. The van der Waals surface area contributed by atoms with Crippen LogP contribution in [0.4, 0.5) is 17.2 Å². The third-order valence-electron chi connectivity index (χ3n) is 2.71. The van der Waals surface area contributed by atoms with Crippen molar-refractivity contribution in [2.75, 3.05) is 11.1 Å². The molecule has 18 heavy (non-hydrogen) atoms. The molecule has 0 amide bonds. The van der Waals surface area contributed by atoms with Crippen molar-refractivity contribution in [2.45, 2.75) is 0 Å². The topological polar surface area (TPSA) is 68.8 Å². The summed E-state index contributed by atoms with van der Waals surface area (Å²) in [4.78, 5) is 8.45. The highest BCUT2D eigenvalue weighted by Crippen LogP contribution is 2.23. The molecule has 5 nitrogen and oxygen atoms in total. The quantitative estimate of drug-likeness (QED) is 0.671. The average molecular weight is 238 g/mol. The van der Waals surface area contributed by atoms with Gasteiger partial charge in [-0.3, -0.25) is 0 Å². The van der Waals surface area contributed by atoms with Crippen molar-refractivity contribution < 1.29 is 0 Å². The minimum Gasteiger partial charge on any atom is -0.399 e. The standard InChI is InChI=1S/C13H12N5/c1-18-6-5-11-12(15-8-16-13(11)18)17-10-4-2-3-9(14)7-10/h2-4,6-8H,14H2,1H3,(H,15,16,17). The summed E-state index contributed by atoms with van der Waals surface area (Å²) >= 11 is 0. The molecule has 0 saturated heterocycles. The third kappa shape index (κ3) is 1.75. The Morgan fingerprint density at radius 2 is 2.22 bits per heavy atom. The van der Waals surface area contributed by atoms with Crippen molar-refractivity contribution in [2.24, 2.45) is 7.05 Å². The summed E-state index contributed by atoms with van der Waals surface area (Å²) in [5.41, 5.74) is 8.19. The second-order valence-corrected chi connectivity index (χ2v) is 4.06. The van der Waals surface area contributed by atoms with Crippen LogP contribution in [0.1, 0.15) is 0 Å². The van der Waals surface area contributed by atoms with E-state index in [1.165, 1.54) is 6.33 Å². The lowest BCUT2D eigenvalue weighted by Gasteiger charge is -2.07. The van der Waals surface area contributed by atoms with Crippen LogP contribution in [0, 0.1) is 6.07 Å². The molecule has 3 rings (SSSR count). The van der Waals surface area contributed by atoms with Gasteiger partial charge in [0.15, 0.2) is 0 Å². The minimum absolute atomic E-state index is 0.711. The molecule has 2 aromatic heterocycles. The lowest BCUT2D eigenvalue weighted by molar-refractivity contribution is 0.943. The minimum atomic E-state index is 0.711. The number of anilines is 3. The highest BCUT2D eigenvalue weighted by Gasteiger charge is 2.06. The number of nitrogens with two attached hydrogens (primary N) is 1. The van der Waals surface area contributed by atoms with Crippen LogP contribution in [0.15, 0.2) is 36.8 Å². The fraction of sp³-hybridized carbons (Fsp3) is 0.0769. The molecule has 3 N–H and O–H groups in total. The maximum atomic E-state index is 5.74. The monoisotopic (exact) mass is 238 g/mol. The second kappa shape index (κ2) is 4.03. The summed E-state index contributed by atoms with van der Waals surface area (Å²) in [6.07, 6.45) is 3.37. The molecule has 0 aliphatic carbocycles. The smallest absolute Gasteiger partial charge is 0.145 e. The first kappa shape index (κ1) is 10.6. The van der Waals surface area contributed by atoms with Gasteiger partial charge >= 0.3 is 0 Å². The summed E-state index contributed by atoms with van der Waals surface area (Å²) < 4.78 is 1.90. The van der Waals surface area contributed by atoms with E-state index in [1.807, 2.05) is 42.1 Å². The molecule has 1 aromatic carbocycles. The van der Waals surface area contributed by atoms with Gasteiger partial charge in [-0.25, -0.2) is 9.97 Å². The Morgan fingerprint density at radius 1 is 1.33 bits per heavy atom. The molecule has 3 aromatic rings. The van der Waals surface area contributed by atoms with Gasteiger partial charge in [0.2, 0.25) is 0 Å². The molecular formula is C13H12N5. The molecule has 1 radical (unpaired) electrons. The maximum absolute atomic E-state index is 5.74. The Kier molecular flexibility index (Phi) is 2.37. The molecule has 0 bridgehead atoms. The highest BCUT2D eigenvalue weighted by molar-refractivity contribution is 5.88. The number of hydrogen-bond acceptors (Lipinski definition) is 4. The van der Waals surface area contributed by atoms with E-state index in [4.69, 9.17) is 5.73 Å². The van der Waals surface area contributed by atoms with E-state index in [1.54, 1.807) is 0 Å². The van der Waals surface area contributed by atoms with Crippen molar-refractivity contribution in [3.63, 3.8) is 0 Å². The van der Waals surface area contributed by atoms with Gasteiger partial charge < -0.3 is 15.6 Å². The van der Waals surface area contributed by atoms with Crippen molar-refractivity contribution in [3.8, 4) is 0 Å². The van der Waals surface area contributed by atoms with E-state index in [-0.39, 0.29) is 0 Å². The Hall–Kier alpha value is -2.56. The van der Waals surface area contributed by atoms with E-state index >= 15 is 0 Å². The van der Waals surface area contributed by atoms with Gasteiger partial charge in [0, 0.05) is 30.7 Å². The Morgan fingerprint density at radius 3 is 3.06 bits per heavy atom. The SMILES string of the molecule is Cn1c[c]c2c(Nc3cccc(N)c3)ncnc21. The molecule has 2 heterocycles. The van der Waals surface area contributed by atoms with Gasteiger partial charge in [-0.2, -0.15) is 0 Å². The van der Waals surface area contributed by atoms with Crippen molar-refractivity contribution in [3.05, 3.63) is 42.9 Å². The Bertz CT molecular complexity index is 701. The predicted molar refractivity (Wildman–Crippen MR) is 71.5 cm³/mol. The zero-order valence-electron chi connectivity index (χ0n) is 9.88. The van der Waals surface area contributed by atoms with E-state index < -0.39 is 0 Å². The Balaban J connectivity index is 2.05. The zero-order valence-corrected chi connectivity index (χ0v) is 9.88. The lowest BCUT2D eigenvalue weighted by Crippen LogP contribution is -1.97. The van der Waals surface area contributed by atoms with Crippen molar-refractivity contribution >= 4 is 28.2 Å². The van der Waals surface area contributed by atoms with Crippen LogP contribution in [0.3, 0.4) is 0 Å². The first-order valence-electron chi connectivity index (χ1n) is 5.54. The number of fused-ring (bicyclic) bond motifs is 1. The van der Waals surface area contributed by atoms with E-state index in [0.29, 0.717) is 5.69 Å². The van der Waals surface area contributed by atoms with Gasteiger partial charge in [-0.1, -0.05) is 6.07 Å². The number of rotatable bonds is 2. The predicted octanol–water partition coefficient (Wildman–Crippen LogP) is 2.09. The molecule has 0 atom stereocenters. The largest absolute Gasteiger partial charge is 0.399 e. The van der Waals surface area contributed by atoms with Gasteiger partial charge in [0.25, 0.3) is 0 Å². The van der Waals surface area contributed by atoms with Gasteiger partial charge in [0.1, 0.15) is 17.8 Å². The van der Waals surface area contributed by atoms with Gasteiger partial charge in [-0.05, 0) is 18.2 Å². The fourth-order valence-electron chi connectivity index (χ4n) is 1.85. The van der Waals surface area contributed by atoms with Crippen molar-refractivity contribution in [1.29, 1.82) is 0 Å². The summed E-state index contributed by atoms with van der Waals surface area (Å²) in [7, 11) is 1.93. The number of nitrogen functional groups attached to an aromatic ring is 1. The van der Waals surface area contributed by atoms with E-state index in [9.17, 15) is 0 Å². The van der Waals surface area contributed by atoms with Gasteiger partial charge in [0.05, 0.1) is 5.39 Å². The molecule has 5 heteroatoms. The fourth-order valence-corrected chi connectivity index (χ4v) is 1.85. The number of aromatic nitrogens is 3. The number of nitrogens with one attached hydrogen (secondary N) is 1. The van der Waals surface area contributed by atoms with Crippen LogP contribution < -0.4 is 11.1 Å². The number of nitrogens with zero attached hydrogens (tertiary/aromatic N) is 3. The molecule has 0 saturated carbocycles. The van der Waals surface area contributed by atoms with Crippen LogP contribution >= 0.6 is 0 Å². The van der Waals surface area contributed by atoms with Gasteiger partial charge in [-0.15, -0.1) is 0 Å². The molecule has 0 aliphatic rings. The Labute approximate surface area is 104 Å². The molecular weight excluding hydrogens is 226 g/mol. The molecule has 0 aliphatic heterocycles. The van der Waals surface area contributed by atoms with Crippen LogP contribution in [0.25, 0.3) is 11.0 Å². The number of aryl methyl sites for hydroxylation is 1. The van der Waals surface area contributed by atoms with Crippen LogP contribution in [-0.2, 0) is 7.05 Å². The first-order chi connectivity index (χ1) is 8.74. The molecule has 89 valence electrons. The zero-order chi connectivity index (χ0) is 12.5. The first-order valence-corrected chi connectivity index (χ1v) is 5.54. The lowest BCUT2D eigenvalue weighted by atomic mass is 10.2. The molecule has 0 unspecified atom stereocenters. The maximum Gasteiger partial charge on any atom is 0.145 e. The third-order valence-corrected chi connectivity index (χ3v) is 2.71. The summed E-state index contributed by atoms with van der Waals surface area (Å²) in [6.45, 7) is 0. The molecule has 0 fully saturated rings. The van der Waals surface area contributed by atoms with Crippen molar-refractivity contribution in [1.82, 2.24) is 14.5 Å². The normalized spacial score (nSPS) is 10.7. The second-order valence-electron chi connectivity index (χ2n) is 4.06. The molecule has 0 spiro atoms. The summed E-state index contributed by atoms with van der Waals surface area (Å²) in [5, 5.41) is 4.09. The number of hydrogen-bond donors (Lipinski definition) is 2. The van der Waals surface area contributed by atoms with Crippen LogP contribution in [0.2, 0.25) is 0 Å². The van der Waals surface area contributed by atoms with E-state index in [2.05, 4.69) is 21.4 Å². The summed E-state index contributed by atoms with van der Waals surface area (Å²) in [5.74, 6) is 0.728. The highest BCUT2D eigenvalue weighted by atomic mass is 15.1. The average Bonchev–Trinajstić information content (AvgIpc) is 2.73. The van der Waals surface area contributed by atoms with Crippen LogP contribution in [0.5, 0.6) is 0 Å².